The van der Waals surface area contributed by atoms with Crippen molar-refractivity contribution in [1.82, 2.24) is 14.7 Å². The molecule has 2 unspecified atom stereocenters. The highest BCUT2D eigenvalue weighted by Crippen LogP contribution is 2.51. The Balaban J connectivity index is 1.68. The third-order valence-electron chi connectivity index (χ3n) is 6.47. The molecule has 1 fully saturated rings. The number of hydrogen-bond donors (Lipinski definition) is 1. The minimum absolute atomic E-state index is 0.108. The van der Waals surface area contributed by atoms with Crippen molar-refractivity contribution in [3.63, 3.8) is 0 Å². The van der Waals surface area contributed by atoms with Gasteiger partial charge in [0.1, 0.15) is 17.0 Å². The predicted octanol–water partition coefficient (Wildman–Crippen LogP) is 2.88. The number of thioether (sulfide) groups is 1. The first-order valence-corrected chi connectivity index (χ1v) is 12.1. The Labute approximate surface area is 199 Å². The second kappa shape index (κ2) is 10.2. The molecule has 2 heterocycles. The van der Waals surface area contributed by atoms with E-state index >= 15 is 0 Å². The van der Waals surface area contributed by atoms with Crippen LogP contribution in [-0.2, 0) is 27.4 Å². The van der Waals surface area contributed by atoms with Crippen LogP contribution in [0.4, 0.5) is 0 Å². The average molecular weight is 470 g/mol. The van der Waals surface area contributed by atoms with Gasteiger partial charge >= 0.3 is 5.97 Å². The second-order valence-electron chi connectivity index (χ2n) is 8.70. The van der Waals surface area contributed by atoms with E-state index in [1.165, 1.54) is 25.8 Å². The maximum atomic E-state index is 12.9. The molecule has 2 aliphatic heterocycles. The Morgan fingerprint density at radius 2 is 1.82 bits per heavy atom. The monoisotopic (exact) mass is 469 g/mol. The van der Waals surface area contributed by atoms with Gasteiger partial charge in [-0.2, -0.15) is 0 Å². The van der Waals surface area contributed by atoms with Gasteiger partial charge in [0.15, 0.2) is 0 Å². The number of phenolic OH excluding ortho intramolecular Hbond substituents is 1. The number of piperazine rings is 1. The molecule has 2 atom stereocenters. The third kappa shape index (κ3) is 5.03. The number of carbonyl (C=O) groups is 2. The van der Waals surface area contributed by atoms with Crippen molar-refractivity contribution in [2.24, 2.45) is 0 Å². The predicted molar refractivity (Wildman–Crippen MR) is 128 cm³/mol. The Kier molecular flexibility index (Phi) is 7.26. The number of methoxy groups -OCH3 is 1. The Bertz CT molecular complexity index is 1010. The number of rotatable bonds is 6. The van der Waals surface area contributed by atoms with Gasteiger partial charge in [0.05, 0.1) is 7.11 Å². The van der Waals surface area contributed by atoms with Crippen molar-refractivity contribution in [2.75, 3.05) is 40.3 Å². The quantitative estimate of drug-likeness (QED) is 0.652. The van der Waals surface area contributed by atoms with Crippen LogP contribution in [0.25, 0.3) is 0 Å². The van der Waals surface area contributed by atoms with Crippen LogP contribution in [0, 0.1) is 0 Å². The second-order valence-corrected chi connectivity index (χ2v) is 9.83. The van der Waals surface area contributed by atoms with Crippen molar-refractivity contribution in [2.45, 2.75) is 36.2 Å². The van der Waals surface area contributed by atoms with Crippen LogP contribution < -0.4 is 0 Å². The Morgan fingerprint density at radius 1 is 1.12 bits per heavy atom. The number of hydrogen-bond acceptors (Lipinski definition) is 7. The van der Waals surface area contributed by atoms with Gasteiger partial charge in [-0.1, -0.05) is 48.2 Å². The van der Waals surface area contributed by atoms with E-state index in [0.717, 1.165) is 47.8 Å². The van der Waals surface area contributed by atoms with E-state index < -0.39 is 11.3 Å². The smallest absolute Gasteiger partial charge is 0.316 e. The molecule has 0 spiro atoms. The van der Waals surface area contributed by atoms with Crippen LogP contribution in [0.3, 0.4) is 0 Å². The Morgan fingerprint density at radius 3 is 2.45 bits per heavy atom. The minimum Gasteiger partial charge on any atom is -0.508 e. The number of carbonyl (C=O) groups excluding carboxylic acids is 2. The summed E-state index contributed by atoms with van der Waals surface area (Å²) in [6, 6.07) is 13.2. The summed E-state index contributed by atoms with van der Waals surface area (Å²) in [5, 5.41) is 10.3. The lowest BCUT2D eigenvalue weighted by Crippen LogP contribution is -2.43. The largest absolute Gasteiger partial charge is 0.508 e. The molecule has 1 N–H and O–H groups in total. The molecule has 176 valence electrons. The highest BCUT2D eigenvalue weighted by molar-refractivity contribution is 8.00. The summed E-state index contributed by atoms with van der Waals surface area (Å²) in [5.74, 6) is -0.874. The van der Waals surface area contributed by atoms with Gasteiger partial charge in [0.25, 0.3) is 0 Å². The number of likely N-dealkylation sites (N-methyl/N-ethyl adjacent to an activating group) is 1. The first-order chi connectivity index (χ1) is 15.9. The zero-order valence-electron chi connectivity index (χ0n) is 19.4. The number of phenols is 1. The molecule has 2 aromatic rings. The first kappa shape index (κ1) is 23.6. The molecule has 2 aromatic carbocycles. The van der Waals surface area contributed by atoms with Crippen LogP contribution >= 0.6 is 11.8 Å². The van der Waals surface area contributed by atoms with Crippen LogP contribution in [0.5, 0.6) is 5.75 Å². The van der Waals surface area contributed by atoms with E-state index in [1.54, 1.807) is 17.0 Å². The first-order valence-electron chi connectivity index (χ1n) is 11.2. The molecule has 0 radical (unpaired) electrons. The summed E-state index contributed by atoms with van der Waals surface area (Å²) in [6.07, 6.45) is 0. The Hall–Kier alpha value is -2.55. The number of nitrogens with zero attached hydrogens (tertiary/aromatic N) is 3. The summed E-state index contributed by atoms with van der Waals surface area (Å²) in [7, 11) is 3.49. The minimum atomic E-state index is -0.616. The SMILES string of the molecule is COC(=O)C1c2ccc(O)c(CN3CCN(C)CC3)c2SC1N(Cc1ccccc1)C(C)=O. The van der Waals surface area contributed by atoms with Gasteiger partial charge in [0, 0.05) is 56.7 Å². The molecular weight excluding hydrogens is 438 g/mol. The number of amides is 1. The third-order valence-corrected chi connectivity index (χ3v) is 7.95. The molecule has 33 heavy (non-hydrogen) atoms. The molecule has 0 aromatic heterocycles. The maximum absolute atomic E-state index is 12.9. The number of fused-ring (bicyclic) bond motifs is 1. The molecule has 2 aliphatic rings. The van der Waals surface area contributed by atoms with Gasteiger partial charge in [0.2, 0.25) is 5.91 Å². The molecule has 1 saturated heterocycles. The fourth-order valence-electron chi connectivity index (χ4n) is 4.52. The van der Waals surface area contributed by atoms with Gasteiger partial charge < -0.3 is 19.6 Å². The molecular formula is C25H31N3O4S. The van der Waals surface area contributed by atoms with E-state index in [0.29, 0.717) is 13.1 Å². The summed E-state index contributed by atoms with van der Waals surface area (Å²) >= 11 is 1.48. The van der Waals surface area contributed by atoms with E-state index in [4.69, 9.17) is 4.74 Å². The lowest BCUT2D eigenvalue weighted by Gasteiger charge is -2.33. The summed E-state index contributed by atoms with van der Waals surface area (Å²) in [6.45, 7) is 6.33. The molecule has 4 rings (SSSR count). The standard InChI is InChI=1S/C25H31N3O4S/c1-17(29)28(15-18-7-5-4-6-8-18)24-22(25(31)32-3)19-9-10-21(30)20(23(19)33-24)16-27-13-11-26(2)12-14-27/h4-10,22,24,30H,11-16H2,1-3H3. The van der Waals surface area contributed by atoms with Gasteiger partial charge in [-0.05, 0) is 24.2 Å². The number of aromatic hydroxyl groups is 1. The molecule has 0 aliphatic carbocycles. The van der Waals surface area contributed by atoms with E-state index in [-0.39, 0.29) is 17.6 Å². The highest BCUT2D eigenvalue weighted by atomic mass is 32.2. The number of ether oxygens (including phenoxy) is 1. The molecule has 7 nitrogen and oxygen atoms in total. The molecule has 8 heteroatoms. The van der Waals surface area contributed by atoms with Crippen molar-refractivity contribution < 1.29 is 19.4 Å². The number of esters is 1. The van der Waals surface area contributed by atoms with Crippen molar-refractivity contribution in [1.29, 1.82) is 0 Å². The summed E-state index contributed by atoms with van der Waals surface area (Å²) < 4.78 is 5.16. The summed E-state index contributed by atoms with van der Waals surface area (Å²) in [4.78, 5) is 32.9. The summed E-state index contributed by atoms with van der Waals surface area (Å²) in [5.41, 5.74) is 2.63. The van der Waals surface area contributed by atoms with Crippen LogP contribution in [0.1, 0.15) is 29.5 Å². The lowest BCUT2D eigenvalue weighted by molar-refractivity contribution is -0.144. The molecule has 0 saturated carbocycles. The van der Waals surface area contributed by atoms with Crippen molar-refractivity contribution in [3.05, 3.63) is 59.2 Å². The fourth-order valence-corrected chi connectivity index (χ4v) is 6.15. The van der Waals surface area contributed by atoms with E-state index in [2.05, 4.69) is 16.8 Å². The normalized spacial score (nSPS) is 20.9. The van der Waals surface area contributed by atoms with Gasteiger partial charge in [-0.25, -0.2) is 0 Å². The topological polar surface area (TPSA) is 73.3 Å². The van der Waals surface area contributed by atoms with Gasteiger partial charge in [-0.3, -0.25) is 14.5 Å². The van der Waals surface area contributed by atoms with Crippen LogP contribution in [0.15, 0.2) is 47.4 Å². The fraction of sp³-hybridized carbons (Fsp3) is 0.440. The van der Waals surface area contributed by atoms with Crippen LogP contribution in [-0.4, -0.2) is 77.4 Å². The van der Waals surface area contributed by atoms with E-state index in [1.807, 2.05) is 30.3 Å². The van der Waals surface area contributed by atoms with Crippen molar-refractivity contribution >= 4 is 23.6 Å². The zero-order valence-corrected chi connectivity index (χ0v) is 20.2. The van der Waals surface area contributed by atoms with Crippen molar-refractivity contribution in [3.8, 4) is 5.75 Å². The van der Waals surface area contributed by atoms with Gasteiger partial charge in [-0.15, -0.1) is 0 Å². The zero-order chi connectivity index (χ0) is 23.5. The van der Waals surface area contributed by atoms with E-state index in [9.17, 15) is 14.7 Å². The number of benzene rings is 2. The maximum Gasteiger partial charge on any atom is 0.316 e. The highest BCUT2D eigenvalue weighted by Gasteiger charge is 2.45. The average Bonchev–Trinajstić information content (AvgIpc) is 3.20. The lowest BCUT2D eigenvalue weighted by atomic mass is 9.95. The van der Waals surface area contributed by atoms with Crippen LogP contribution in [0.2, 0.25) is 0 Å². The molecule has 1 amide bonds. The molecule has 0 bridgehead atoms.